The first kappa shape index (κ1) is 8.45. The molecular formula is C6H9NO3S. The minimum absolute atomic E-state index is 0.343. The number of rotatable bonds is 3. The molecule has 0 aliphatic heterocycles. The first-order valence-electron chi connectivity index (χ1n) is 3.04. The van der Waals surface area contributed by atoms with Crippen LogP contribution in [0.2, 0.25) is 0 Å². The van der Waals surface area contributed by atoms with Crippen molar-refractivity contribution in [1.82, 2.24) is 4.31 Å². The molecule has 1 N–H and O–H groups in total. The summed E-state index contributed by atoms with van der Waals surface area (Å²) in [5.74, 6) is 0.676. The molecule has 62 valence electrons. The second kappa shape index (κ2) is 3.66. The van der Waals surface area contributed by atoms with Gasteiger partial charge in [-0.05, 0) is 12.1 Å². The van der Waals surface area contributed by atoms with Gasteiger partial charge in [0.15, 0.2) is 0 Å². The molecule has 1 atom stereocenters. The van der Waals surface area contributed by atoms with Gasteiger partial charge in [-0.1, -0.05) is 0 Å². The first-order valence-corrected chi connectivity index (χ1v) is 4.11. The van der Waals surface area contributed by atoms with Gasteiger partial charge in [0, 0.05) is 7.05 Å². The van der Waals surface area contributed by atoms with Crippen molar-refractivity contribution in [2.75, 3.05) is 7.05 Å². The van der Waals surface area contributed by atoms with E-state index in [1.165, 1.54) is 10.6 Å². The lowest BCUT2D eigenvalue weighted by Gasteiger charge is -2.07. The molecule has 11 heavy (non-hydrogen) atoms. The van der Waals surface area contributed by atoms with E-state index in [0.29, 0.717) is 12.3 Å². The zero-order valence-electron chi connectivity index (χ0n) is 6.06. The van der Waals surface area contributed by atoms with Crippen LogP contribution < -0.4 is 0 Å². The Morgan fingerprint density at radius 2 is 2.55 bits per heavy atom. The summed E-state index contributed by atoms with van der Waals surface area (Å²) in [4.78, 5) is 0. The van der Waals surface area contributed by atoms with E-state index in [1.54, 1.807) is 19.2 Å². The van der Waals surface area contributed by atoms with Gasteiger partial charge in [0.1, 0.15) is 5.76 Å². The molecule has 5 heteroatoms. The summed E-state index contributed by atoms with van der Waals surface area (Å²) >= 11 is -1.92. The minimum atomic E-state index is -1.92. The molecule has 0 spiro atoms. The number of hydrogen-bond donors (Lipinski definition) is 1. The van der Waals surface area contributed by atoms with E-state index in [9.17, 15) is 4.21 Å². The van der Waals surface area contributed by atoms with Gasteiger partial charge in [0.05, 0.1) is 12.8 Å². The fourth-order valence-electron chi connectivity index (χ4n) is 0.677. The van der Waals surface area contributed by atoms with E-state index in [0.717, 1.165) is 0 Å². The van der Waals surface area contributed by atoms with Crippen LogP contribution >= 0.6 is 0 Å². The highest BCUT2D eigenvalue weighted by Crippen LogP contribution is 2.03. The molecule has 1 aromatic heterocycles. The van der Waals surface area contributed by atoms with Crippen molar-refractivity contribution < 1.29 is 13.2 Å². The molecule has 0 bridgehead atoms. The maximum atomic E-state index is 10.4. The van der Waals surface area contributed by atoms with Crippen LogP contribution in [0.15, 0.2) is 22.8 Å². The highest BCUT2D eigenvalue weighted by atomic mass is 32.2. The van der Waals surface area contributed by atoms with Gasteiger partial charge in [0.25, 0.3) is 0 Å². The topological polar surface area (TPSA) is 53.7 Å². The summed E-state index contributed by atoms with van der Waals surface area (Å²) in [6.07, 6.45) is 1.53. The Hall–Kier alpha value is -0.650. The van der Waals surface area contributed by atoms with Gasteiger partial charge in [-0.3, -0.25) is 4.55 Å². The summed E-state index contributed by atoms with van der Waals surface area (Å²) in [6, 6.07) is 3.49. The van der Waals surface area contributed by atoms with E-state index in [1.807, 2.05) is 0 Å². The van der Waals surface area contributed by atoms with E-state index in [2.05, 4.69) is 0 Å². The normalized spacial score (nSPS) is 13.7. The Bertz CT molecular complexity index is 234. The van der Waals surface area contributed by atoms with Crippen LogP contribution in [0, 0.1) is 0 Å². The second-order valence-electron chi connectivity index (χ2n) is 2.10. The minimum Gasteiger partial charge on any atom is -0.468 e. The van der Waals surface area contributed by atoms with Gasteiger partial charge in [-0.25, -0.2) is 4.21 Å². The van der Waals surface area contributed by atoms with Gasteiger partial charge in [0.2, 0.25) is 11.3 Å². The average Bonchev–Trinajstić information content (AvgIpc) is 2.39. The third kappa shape index (κ3) is 2.45. The Morgan fingerprint density at radius 3 is 3.00 bits per heavy atom. The number of nitrogens with zero attached hydrogens (tertiary/aromatic N) is 1. The quantitative estimate of drug-likeness (QED) is 0.693. The predicted octanol–water partition coefficient (Wildman–Crippen LogP) is 0.848. The molecule has 0 aliphatic carbocycles. The Balaban J connectivity index is 2.50. The smallest absolute Gasteiger partial charge is 0.234 e. The maximum Gasteiger partial charge on any atom is 0.234 e. The lowest BCUT2D eigenvalue weighted by Crippen LogP contribution is -2.19. The zero-order chi connectivity index (χ0) is 8.27. The molecule has 4 nitrogen and oxygen atoms in total. The monoisotopic (exact) mass is 175 g/mol. The molecule has 1 heterocycles. The standard InChI is InChI=1S/C6H9NO3S/c1-7(11(8)9)5-6-3-2-4-10-6/h2-4H,5H2,1H3,(H,8,9). The lowest BCUT2D eigenvalue weighted by atomic mass is 10.4. The molecule has 0 fully saturated rings. The molecule has 0 saturated heterocycles. The Kier molecular flexibility index (Phi) is 2.81. The molecule has 1 aromatic rings. The second-order valence-corrected chi connectivity index (χ2v) is 3.18. The van der Waals surface area contributed by atoms with E-state index in [4.69, 9.17) is 8.97 Å². The van der Waals surface area contributed by atoms with Crippen LogP contribution in [0.25, 0.3) is 0 Å². The van der Waals surface area contributed by atoms with Crippen molar-refractivity contribution in [1.29, 1.82) is 0 Å². The summed E-state index contributed by atoms with van der Waals surface area (Å²) in [5.41, 5.74) is 0. The molecule has 0 aliphatic rings. The summed E-state index contributed by atoms with van der Waals surface area (Å²) in [7, 11) is 1.54. The van der Waals surface area contributed by atoms with E-state index >= 15 is 0 Å². The van der Waals surface area contributed by atoms with Crippen molar-refractivity contribution in [2.45, 2.75) is 6.54 Å². The summed E-state index contributed by atoms with van der Waals surface area (Å²) < 4.78 is 25.2. The van der Waals surface area contributed by atoms with Crippen LogP contribution in [0.1, 0.15) is 5.76 Å². The zero-order valence-corrected chi connectivity index (χ0v) is 6.87. The number of hydrogen-bond acceptors (Lipinski definition) is 2. The third-order valence-corrected chi connectivity index (χ3v) is 1.89. The van der Waals surface area contributed by atoms with Crippen molar-refractivity contribution in [3.05, 3.63) is 24.2 Å². The molecule has 1 unspecified atom stereocenters. The van der Waals surface area contributed by atoms with Crippen LogP contribution in [-0.2, 0) is 17.8 Å². The van der Waals surface area contributed by atoms with Crippen LogP contribution in [0.5, 0.6) is 0 Å². The van der Waals surface area contributed by atoms with Crippen molar-refractivity contribution in [3.63, 3.8) is 0 Å². The lowest BCUT2D eigenvalue weighted by molar-refractivity contribution is 0.396. The molecular weight excluding hydrogens is 166 g/mol. The highest BCUT2D eigenvalue weighted by molar-refractivity contribution is 7.76. The molecule has 1 rings (SSSR count). The maximum absolute atomic E-state index is 10.4. The Morgan fingerprint density at radius 1 is 1.82 bits per heavy atom. The summed E-state index contributed by atoms with van der Waals surface area (Å²) in [5, 5.41) is 0. The molecule has 0 saturated carbocycles. The SMILES string of the molecule is CN(Cc1ccco1)S(=O)O. The van der Waals surface area contributed by atoms with Crippen molar-refractivity contribution in [2.24, 2.45) is 0 Å². The highest BCUT2D eigenvalue weighted by Gasteiger charge is 2.05. The number of furan rings is 1. The van der Waals surface area contributed by atoms with Gasteiger partial charge in [-0.15, -0.1) is 0 Å². The molecule has 0 aromatic carbocycles. The van der Waals surface area contributed by atoms with Crippen molar-refractivity contribution >= 4 is 11.3 Å². The first-order chi connectivity index (χ1) is 5.20. The van der Waals surface area contributed by atoms with Gasteiger partial charge < -0.3 is 4.42 Å². The van der Waals surface area contributed by atoms with E-state index in [-0.39, 0.29) is 0 Å². The predicted molar refractivity (Wildman–Crippen MR) is 40.9 cm³/mol. The third-order valence-electron chi connectivity index (χ3n) is 1.23. The molecule has 0 amide bonds. The molecule has 0 radical (unpaired) electrons. The van der Waals surface area contributed by atoms with Crippen LogP contribution in [-0.4, -0.2) is 20.1 Å². The van der Waals surface area contributed by atoms with Crippen LogP contribution in [0.3, 0.4) is 0 Å². The summed E-state index contributed by atoms with van der Waals surface area (Å²) in [6.45, 7) is 0.343. The van der Waals surface area contributed by atoms with Gasteiger partial charge in [-0.2, -0.15) is 4.31 Å². The fraction of sp³-hybridized carbons (Fsp3) is 0.333. The largest absolute Gasteiger partial charge is 0.468 e. The fourth-order valence-corrected chi connectivity index (χ4v) is 0.915. The van der Waals surface area contributed by atoms with Crippen LogP contribution in [0.4, 0.5) is 0 Å². The average molecular weight is 175 g/mol. The van der Waals surface area contributed by atoms with E-state index < -0.39 is 11.3 Å². The van der Waals surface area contributed by atoms with Gasteiger partial charge >= 0.3 is 0 Å². The van der Waals surface area contributed by atoms with Crippen molar-refractivity contribution in [3.8, 4) is 0 Å². The Labute approximate surface area is 67.2 Å².